The lowest BCUT2D eigenvalue weighted by atomic mass is 9.93. The zero-order chi connectivity index (χ0) is 18.7. The summed E-state index contributed by atoms with van der Waals surface area (Å²) in [7, 11) is -3.14. The molecule has 7 nitrogen and oxygen atoms in total. The predicted molar refractivity (Wildman–Crippen MR) is 97.3 cm³/mol. The second-order valence-corrected chi connectivity index (χ2v) is 8.63. The molecule has 1 saturated heterocycles. The Hall–Kier alpha value is -2.32. The molecule has 3 heterocycles. The van der Waals surface area contributed by atoms with Gasteiger partial charge in [-0.3, -0.25) is 9.97 Å². The highest BCUT2D eigenvalue weighted by molar-refractivity contribution is 7.88. The summed E-state index contributed by atoms with van der Waals surface area (Å²) in [5.74, 6) is -0.744. The first-order valence-corrected chi connectivity index (χ1v) is 10.3. The van der Waals surface area contributed by atoms with E-state index in [1.807, 2.05) is 12.1 Å². The van der Waals surface area contributed by atoms with Crippen molar-refractivity contribution in [3.8, 4) is 11.3 Å². The van der Waals surface area contributed by atoms with E-state index in [1.54, 1.807) is 22.8 Å². The molecule has 0 saturated carbocycles. The first kappa shape index (κ1) is 18.5. The molecule has 26 heavy (non-hydrogen) atoms. The van der Waals surface area contributed by atoms with Crippen molar-refractivity contribution in [3.63, 3.8) is 0 Å². The van der Waals surface area contributed by atoms with Gasteiger partial charge in [-0.05, 0) is 42.9 Å². The summed E-state index contributed by atoms with van der Waals surface area (Å²) in [6.45, 7) is 1.14. The van der Waals surface area contributed by atoms with Gasteiger partial charge in [0.25, 0.3) is 0 Å². The standard InChI is InChI=1S/C18H21N3O4S/c1-26(24,25)21-6-2-3-14(12-21)7-13-4-5-17(20-9-13)15-8-16(18(22)23)11-19-10-15/h4-5,8-11,14H,2-3,6-7,12H2,1H3,(H,22,23)/t14-/m0/s1. The number of hydrogen-bond donors (Lipinski definition) is 1. The molecule has 0 amide bonds. The quantitative estimate of drug-likeness (QED) is 0.858. The summed E-state index contributed by atoms with van der Waals surface area (Å²) in [6.07, 6.45) is 8.55. The minimum atomic E-state index is -3.14. The van der Waals surface area contributed by atoms with Gasteiger partial charge in [-0.25, -0.2) is 17.5 Å². The van der Waals surface area contributed by atoms with E-state index in [0.717, 1.165) is 24.8 Å². The number of carboxylic acid groups (broad SMARTS) is 1. The zero-order valence-corrected chi connectivity index (χ0v) is 15.3. The van der Waals surface area contributed by atoms with Crippen LogP contribution in [0.4, 0.5) is 0 Å². The molecule has 2 aromatic heterocycles. The molecule has 1 atom stereocenters. The fourth-order valence-corrected chi connectivity index (χ4v) is 4.18. The van der Waals surface area contributed by atoms with E-state index < -0.39 is 16.0 Å². The van der Waals surface area contributed by atoms with Crippen LogP contribution >= 0.6 is 0 Å². The number of aromatic carboxylic acids is 1. The monoisotopic (exact) mass is 375 g/mol. The first-order chi connectivity index (χ1) is 12.3. The highest BCUT2D eigenvalue weighted by Crippen LogP contribution is 2.23. The van der Waals surface area contributed by atoms with Crippen LogP contribution in [0, 0.1) is 5.92 Å². The lowest BCUT2D eigenvalue weighted by molar-refractivity contribution is 0.0696. The summed E-state index contributed by atoms with van der Waals surface area (Å²) >= 11 is 0. The molecular formula is C18H21N3O4S. The van der Waals surface area contributed by atoms with Gasteiger partial charge in [-0.15, -0.1) is 0 Å². The number of aromatic nitrogens is 2. The maximum atomic E-state index is 11.7. The molecule has 3 rings (SSSR count). The minimum Gasteiger partial charge on any atom is -0.478 e. The summed E-state index contributed by atoms with van der Waals surface area (Å²) in [6, 6.07) is 5.34. The molecule has 1 N–H and O–H groups in total. The number of sulfonamides is 1. The van der Waals surface area contributed by atoms with E-state index in [1.165, 1.54) is 12.5 Å². The van der Waals surface area contributed by atoms with Crippen LogP contribution < -0.4 is 0 Å². The Labute approximate surface area is 152 Å². The molecule has 8 heteroatoms. The fraction of sp³-hybridized carbons (Fsp3) is 0.389. The summed E-state index contributed by atoms with van der Waals surface area (Å²) in [5.41, 5.74) is 2.47. The van der Waals surface area contributed by atoms with Gasteiger partial charge in [0.2, 0.25) is 10.0 Å². The van der Waals surface area contributed by atoms with E-state index in [0.29, 0.717) is 24.3 Å². The van der Waals surface area contributed by atoms with Gasteiger partial charge in [-0.1, -0.05) is 6.07 Å². The minimum absolute atomic E-state index is 0.122. The Morgan fingerprint density at radius 1 is 1.31 bits per heavy atom. The van der Waals surface area contributed by atoms with Crippen molar-refractivity contribution in [2.45, 2.75) is 19.3 Å². The van der Waals surface area contributed by atoms with Gasteiger partial charge >= 0.3 is 5.97 Å². The zero-order valence-electron chi connectivity index (χ0n) is 14.5. The Morgan fingerprint density at radius 3 is 2.77 bits per heavy atom. The van der Waals surface area contributed by atoms with Crippen molar-refractivity contribution in [2.24, 2.45) is 5.92 Å². The smallest absolute Gasteiger partial charge is 0.337 e. The number of carbonyl (C=O) groups is 1. The third-order valence-corrected chi connectivity index (χ3v) is 5.85. The lowest BCUT2D eigenvalue weighted by Crippen LogP contribution is -2.39. The average molecular weight is 375 g/mol. The summed E-state index contributed by atoms with van der Waals surface area (Å²) in [5, 5.41) is 9.05. The number of pyridine rings is 2. The van der Waals surface area contributed by atoms with Gasteiger partial charge in [0.1, 0.15) is 0 Å². The van der Waals surface area contributed by atoms with Crippen molar-refractivity contribution in [1.29, 1.82) is 0 Å². The summed E-state index contributed by atoms with van der Waals surface area (Å²) < 4.78 is 25.0. The Morgan fingerprint density at radius 2 is 2.12 bits per heavy atom. The van der Waals surface area contributed by atoms with Crippen molar-refractivity contribution in [3.05, 3.63) is 47.9 Å². The van der Waals surface area contributed by atoms with Crippen molar-refractivity contribution in [1.82, 2.24) is 14.3 Å². The predicted octanol–water partition coefficient (Wildman–Crippen LogP) is 2.06. The maximum Gasteiger partial charge on any atom is 0.337 e. The number of carboxylic acids is 1. The molecule has 1 aliphatic rings. The molecule has 2 aromatic rings. The molecular weight excluding hydrogens is 354 g/mol. The summed E-state index contributed by atoms with van der Waals surface area (Å²) in [4.78, 5) is 19.4. The number of rotatable bonds is 5. The molecule has 0 bridgehead atoms. The largest absolute Gasteiger partial charge is 0.478 e. The third-order valence-electron chi connectivity index (χ3n) is 4.58. The number of hydrogen-bond acceptors (Lipinski definition) is 5. The molecule has 0 aromatic carbocycles. The van der Waals surface area contributed by atoms with Gasteiger partial charge < -0.3 is 5.11 Å². The Balaban J connectivity index is 1.70. The third kappa shape index (κ3) is 4.44. The van der Waals surface area contributed by atoms with Crippen molar-refractivity contribution < 1.29 is 18.3 Å². The van der Waals surface area contributed by atoms with E-state index in [-0.39, 0.29) is 11.5 Å². The van der Waals surface area contributed by atoms with Crippen LogP contribution in [-0.4, -0.2) is 53.1 Å². The van der Waals surface area contributed by atoms with Crippen LogP contribution in [-0.2, 0) is 16.4 Å². The van der Waals surface area contributed by atoms with E-state index in [2.05, 4.69) is 9.97 Å². The molecule has 138 valence electrons. The van der Waals surface area contributed by atoms with E-state index >= 15 is 0 Å². The molecule has 0 unspecified atom stereocenters. The van der Waals surface area contributed by atoms with Crippen LogP contribution in [0.1, 0.15) is 28.8 Å². The highest BCUT2D eigenvalue weighted by atomic mass is 32.2. The average Bonchev–Trinajstić information content (AvgIpc) is 2.62. The maximum absolute atomic E-state index is 11.7. The van der Waals surface area contributed by atoms with Crippen LogP contribution in [0.3, 0.4) is 0 Å². The van der Waals surface area contributed by atoms with Crippen molar-refractivity contribution in [2.75, 3.05) is 19.3 Å². The van der Waals surface area contributed by atoms with Gasteiger partial charge in [0.15, 0.2) is 0 Å². The Bertz CT molecular complexity index is 897. The van der Waals surface area contributed by atoms with Gasteiger partial charge in [0.05, 0.1) is 17.5 Å². The first-order valence-electron chi connectivity index (χ1n) is 8.41. The van der Waals surface area contributed by atoms with Crippen LogP contribution in [0.5, 0.6) is 0 Å². The van der Waals surface area contributed by atoms with Gasteiger partial charge in [-0.2, -0.15) is 0 Å². The second-order valence-electron chi connectivity index (χ2n) is 6.65. The number of piperidine rings is 1. The molecule has 0 spiro atoms. The molecule has 1 aliphatic heterocycles. The normalized spacial score (nSPS) is 18.6. The second kappa shape index (κ2) is 7.51. The van der Waals surface area contributed by atoms with Gasteiger partial charge in [0, 0.05) is 37.2 Å². The molecule has 1 fully saturated rings. The Kier molecular flexibility index (Phi) is 5.33. The van der Waals surface area contributed by atoms with Crippen LogP contribution in [0.2, 0.25) is 0 Å². The van der Waals surface area contributed by atoms with Crippen LogP contribution in [0.15, 0.2) is 36.8 Å². The molecule has 0 aliphatic carbocycles. The van der Waals surface area contributed by atoms with Crippen LogP contribution in [0.25, 0.3) is 11.3 Å². The fourth-order valence-electron chi connectivity index (χ4n) is 3.24. The SMILES string of the molecule is CS(=O)(=O)N1CCC[C@@H](Cc2ccc(-c3cncc(C(=O)O)c3)nc2)C1. The molecule has 0 radical (unpaired) electrons. The topological polar surface area (TPSA) is 100 Å². The lowest BCUT2D eigenvalue weighted by Gasteiger charge is -2.30. The van der Waals surface area contributed by atoms with E-state index in [4.69, 9.17) is 5.11 Å². The number of nitrogens with zero attached hydrogens (tertiary/aromatic N) is 3. The van der Waals surface area contributed by atoms with E-state index in [9.17, 15) is 13.2 Å². The highest BCUT2D eigenvalue weighted by Gasteiger charge is 2.25. The van der Waals surface area contributed by atoms with Crippen molar-refractivity contribution >= 4 is 16.0 Å².